The monoisotopic (exact) mass is 247 g/mol. The van der Waals surface area contributed by atoms with E-state index in [1.807, 2.05) is 28.8 Å². The number of imidazole rings is 1. The van der Waals surface area contributed by atoms with E-state index >= 15 is 0 Å². The van der Waals surface area contributed by atoms with Crippen LogP contribution in [0.15, 0.2) is 30.6 Å². The summed E-state index contributed by atoms with van der Waals surface area (Å²) in [5.41, 5.74) is 0.733. The highest BCUT2D eigenvalue weighted by Gasteiger charge is 2.34. The molecule has 0 saturated carbocycles. The van der Waals surface area contributed by atoms with Crippen LogP contribution in [0.1, 0.15) is 6.42 Å². The number of fused-ring (bicyclic) bond motifs is 1. The topological polar surface area (TPSA) is 47.8 Å². The van der Waals surface area contributed by atoms with Crippen molar-refractivity contribution in [2.45, 2.75) is 12.0 Å². The molecule has 2 aromatic rings. The Bertz CT molecular complexity index is 532. The molecule has 1 fully saturated rings. The molecule has 5 nitrogen and oxygen atoms in total. The fourth-order valence-electron chi connectivity index (χ4n) is 2.30. The van der Waals surface area contributed by atoms with Crippen LogP contribution in [-0.4, -0.2) is 41.9 Å². The molecule has 1 N–H and O–H groups in total. The lowest BCUT2D eigenvalue weighted by molar-refractivity contribution is -0.00626. The van der Waals surface area contributed by atoms with E-state index in [-0.39, 0.29) is 5.60 Å². The number of nitrogens with one attached hydrogen (secondary N) is 1. The molecule has 0 aromatic carbocycles. The van der Waals surface area contributed by atoms with Gasteiger partial charge in [-0.05, 0) is 12.1 Å². The quantitative estimate of drug-likeness (QED) is 0.890. The largest absolute Gasteiger partial charge is 0.378 e. The van der Waals surface area contributed by atoms with Crippen molar-refractivity contribution in [2.75, 3.05) is 32.2 Å². The number of rotatable bonds is 4. The Morgan fingerprint density at radius 3 is 3.28 bits per heavy atom. The summed E-state index contributed by atoms with van der Waals surface area (Å²) < 4.78 is 13.1. The molecule has 5 heteroatoms. The minimum atomic E-state index is -0.206. The highest BCUT2D eigenvalue weighted by atomic mass is 16.5. The van der Waals surface area contributed by atoms with Crippen molar-refractivity contribution in [1.82, 2.24) is 9.38 Å². The Kier molecular flexibility index (Phi) is 2.93. The molecular weight excluding hydrogens is 230 g/mol. The van der Waals surface area contributed by atoms with Gasteiger partial charge >= 0.3 is 0 Å². The summed E-state index contributed by atoms with van der Waals surface area (Å²) in [7, 11) is 1.74. The van der Waals surface area contributed by atoms with Crippen molar-refractivity contribution in [1.29, 1.82) is 0 Å². The minimum Gasteiger partial charge on any atom is -0.378 e. The molecule has 1 atom stereocenters. The second-order valence-corrected chi connectivity index (χ2v) is 4.61. The molecule has 0 amide bonds. The maximum Gasteiger partial charge on any atom is 0.138 e. The standard InChI is InChI=1S/C13H17N3O2/c1-17-13(5-8-18-10-13)9-15-12-4-2-3-11-14-6-7-16(11)12/h2-4,6-7,15H,5,8-10H2,1H3. The summed E-state index contributed by atoms with van der Waals surface area (Å²) in [6, 6.07) is 6.01. The molecule has 0 bridgehead atoms. The fourth-order valence-corrected chi connectivity index (χ4v) is 2.30. The Morgan fingerprint density at radius 2 is 2.50 bits per heavy atom. The van der Waals surface area contributed by atoms with Crippen molar-refractivity contribution in [3.63, 3.8) is 0 Å². The number of aromatic nitrogens is 2. The predicted molar refractivity (Wildman–Crippen MR) is 68.9 cm³/mol. The first-order valence-corrected chi connectivity index (χ1v) is 6.12. The zero-order valence-electron chi connectivity index (χ0n) is 10.4. The Morgan fingerprint density at radius 1 is 1.56 bits per heavy atom. The molecule has 2 aromatic heterocycles. The Balaban J connectivity index is 1.78. The second kappa shape index (κ2) is 4.59. The van der Waals surface area contributed by atoms with E-state index in [1.165, 1.54) is 0 Å². The lowest BCUT2D eigenvalue weighted by Crippen LogP contribution is -2.39. The van der Waals surface area contributed by atoms with E-state index in [2.05, 4.69) is 10.3 Å². The summed E-state index contributed by atoms with van der Waals surface area (Å²) in [5, 5.41) is 3.43. The summed E-state index contributed by atoms with van der Waals surface area (Å²) in [6.45, 7) is 2.15. The third-order valence-corrected chi connectivity index (χ3v) is 3.52. The lowest BCUT2D eigenvalue weighted by atomic mass is 10.0. The smallest absolute Gasteiger partial charge is 0.138 e. The number of nitrogens with zero attached hydrogens (tertiary/aromatic N) is 2. The van der Waals surface area contributed by atoms with Gasteiger partial charge in [0.15, 0.2) is 0 Å². The number of anilines is 1. The summed E-state index contributed by atoms with van der Waals surface area (Å²) in [6.07, 6.45) is 4.67. The number of pyridine rings is 1. The molecule has 18 heavy (non-hydrogen) atoms. The van der Waals surface area contributed by atoms with Crippen LogP contribution in [0.4, 0.5) is 5.82 Å². The maximum absolute atomic E-state index is 5.60. The molecular formula is C13H17N3O2. The minimum absolute atomic E-state index is 0.206. The number of hydrogen-bond acceptors (Lipinski definition) is 4. The van der Waals surface area contributed by atoms with E-state index in [4.69, 9.17) is 9.47 Å². The molecule has 3 heterocycles. The van der Waals surface area contributed by atoms with Gasteiger partial charge in [-0.3, -0.25) is 4.40 Å². The molecule has 1 aliphatic rings. The van der Waals surface area contributed by atoms with Crippen molar-refractivity contribution in [2.24, 2.45) is 0 Å². The summed E-state index contributed by atoms with van der Waals surface area (Å²) in [4.78, 5) is 4.26. The van der Waals surface area contributed by atoms with Crippen molar-refractivity contribution >= 4 is 11.5 Å². The van der Waals surface area contributed by atoms with Gasteiger partial charge < -0.3 is 14.8 Å². The first kappa shape index (κ1) is 11.5. The van der Waals surface area contributed by atoms with Crippen molar-refractivity contribution in [3.8, 4) is 0 Å². The van der Waals surface area contributed by atoms with Crippen LogP contribution in [0.25, 0.3) is 5.65 Å². The SMILES string of the molecule is COC1(CNc2cccc3nccn23)CCOC1. The van der Waals surface area contributed by atoms with E-state index in [0.29, 0.717) is 6.61 Å². The zero-order chi connectivity index (χ0) is 12.4. The number of hydrogen-bond donors (Lipinski definition) is 1. The fraction of sp³-hybridized carbons (Fsp3) is 0.462. The molecule has 1 saturated heterocycles. The molecule has 0 aliphatic carbocycles. The molecule has 1 aliphatic heterocycles. The Labute approximate surface area is 106 Å². The second-order valence-electron chi connectivity index (χ2n) is 4.61. The lowest BCUT2D eigenvalue weighted by Gasteiger charge is -2.26. The first-order chi connectivity index (χ1) is 8.83. The van der Waals surface area contributed by atoms with E-state index < -0.39 is 0 Å². The van der Waals surface area contributed by atoms with Crippen LogP contribution >= 0.6 is 0 Å². The Hall–Kier alpha value is -1.59. The van der Waals surface area contributed by atoms with Crippen molar-refractivity contribution < 1.29 is 9.47 Å². The van der Waals surface area contributed by atoms with Crippen molar-refractivity contribution in [3.05, 3.63) is 30.6 Å². The van der Waals surface area contributed by atoms with E-state index in [9.17, 15) is 0 Å². The van der Waals surface area contributed by atoms with Crippen LogP contribution in [0, 0.1) is 0 Å². The molecule has 3 rings (SSSR count). The van der Waals surface area contributed by atoms with Crippen LogP contribution in [0.5, 0.6) is 0 Å². The van der Waals surface area contributed by atoms with Gasteiger partial charge in [0.25, 0.3) is 0 Å². The van der Waals surface area contributed by atoms with Crippen LogP contribution in [0.2, 0.25) is 0 Å². The first-order valence-electron chi connectivity index (χ1n) is 6.12. The number of ether oxygens (including phenoxy) is 2. The average molecular weight is 247 g/mol. The van der Waals surface area contributed by atoms with Gasteiger partial charge in [0, 0.05) is 39.1 Å². The average Bonchev–Trinajstić information content (AvgIpc) is 3.06. The third-order valence-electron chi connectivity index (χ3n) is 3.52. The van der Waals surface area contributed by atoms with Crippen LogP contribution < -0.4 is 5.32 Å². The third kappa shape index (κ3) is 1.95. The summed E-state index contributed by atoms with van der Waals surface area (Å²) >= 11 is 0. The maximum atomic E-state index is 5.60. The molecule has 96 valence electrons. The van der Waals surface area contributed by atoms with Gasteiger partial charge in [-0.15, -0.1) is 0 Å². The number of methoxy groups -OCH3 is 1. The van der Waals surface area contributed by atoms with Gasteiger partial charge in [-0.1, -0.05) is 6.07 Å². The van der Waals surface area contributed by atoms with Crippen LogP contribution in [-0.2, 0) is 9.47 Å². The van der Waals surface area contributed by atoms with Gasteiger partial charge in [0.05, 0.1) is 6.61 Å². The molecule has 0 spiro atoms. The molecule has 1 unspecified atom stereocenters. The van der Waals surface area contributed by atoms with Crippen LogP contribution in [0.3, 0.4) is 0 Å². The van der Waals surface area contributed by atoms with E-state index in [0.717, 1.165) is 31.0 Å². The normalized spacial score (nSPS) is 23.6. The van der Waals surface area contributed by atoms with E-state index in [1.54, 1.807) is 13.3 Å². The highest BCUT2D eigenvalue weighted by Crippen LogP contribution is 2.23. The highest BCUT2D eigenvalue weighted by molar-refractivity contribution is 5.49. The van der Waals surface area contributed by atoms with Gasteiger partial charge in [-0.25, -0.2) is 4.98 Å². The van der Waals surface area contributed by atoms with Gasteiger partial charge in [0.1, 0.15) is 17.1 Å². The zero-order valence-corrected chi connectivity index (χ0v) is 10.4. The van der Waals surface area contributed by atoms with Gasteiger partial charge in [-0.2, -0.15) is 0 Å². The molecule has 0 radical (unpaired) electrons. The summed E-state index contributed by atoms with van der Waals surface area (Å²) in [5.74, 6) is 1.02. The predicted octanol–water partition coefficient (Wildman–Crippen LogP) is 1.55. The van der Waals surface area contributed by atoms with Gasteiger partial charge in [0.2, 0.25) is 0 Å².